The smallest absolute Gasteiger partial charge is 0.410 e. The summed E-state index contributed by atoms with van der Waals surface area (Å²) in [6.07, 6.45) is 2.84. The Morgan fingerprint density at radius 3 is 2.21 bits per heavy atom. The van der Waals surface area contributed by atoms with Crippen LogP contribution in [0.3, 0.4) is 0 Å². The fourth-order valence-corrected chi connectivity index (χ4v) is 5.00. The van der Waals surface area contributed by atoms with E-state index in [0.717, 1.165) is 32.1 Å². The van der Waals surface area contributed by atoms with Gasteiger partial charge < -0.3 is 19.7 Å². The van der Waals surface area contributed by atoms with E-state index in [1.807, 2.05) is 0 Å². The normalized spacial score (nSPS) is 18.4. The van der Waals surface area contributed by atoms with Gasteiger partial charge in [-0.25, -0.2) is 4.79 Å². The number of ether oxygens (including phenoxy) is 2. The molecule has 2 atom stereocenters. The highest BCUT2D eigenvalue weighted by molar-refractivity contribution is 7.59. The van der Waals surface area contributed by atoms with Crippen LogP contribution in [0.4, 0.5) is 4.79 Å². The number of carbonyl (C=O) groups excluding carboxylic acids is 3. The molecule has 0 aliphatic heterocycles. The molecular weight excluding hydrogens is 385 g/mol. The van der Waals surface area contributed by atoms with Gasteiger partial charge in [-0.1, -0.05) is 47.0 Å². The van der Waals surface area contributed by atoms with Crippen LogP contribution < -0.4 is 5.32 Å². The molecule has 1 fully saturated rings. The van der Waals surface area contributed by atoms with Crippen molar-refractivity contribution in [3.8, 4) is 0 Å². The van der Waals surface area contributed by atoms with Crippen molar-refractivity contribution in [3.05, 3.63) is 0 Å². The molecule has 0 aromatic heterocycles. The Balaban J connectivity index is 2.42. The molecule has 1 unspecified atom stereocenters. The molecule has 0 aromatic rings. The summed E-state index contributed by atoms with van der Waals surface area (Å²) in [4.78, 5) is 45.7. The number of carbonyl (C=O) groups is 3. The average molecular weight is 419 g/mol. The van der Waals surface area contributed by atoms with Crippen molar-refractivity contribution >= 4 is 25.2 Å². The predicted octanol–water partition coefficient (Wildman–Crippen LogP) is 3.31. The van der Waals surface area contributed by atoms with Gasteiger partial charge in [-0.2, -0.15) is 0 Å². The van der Waals surface area contributed by atoms with Crippen LogP contribution in [-0.2, 0) is 23.6 Å². The Kier molecular flexibility index (Phi) is 10.2. The Labute approximate surface area is 167 Å². The van der Waals surface area contributed by atoms with E-state index in [-0.39, 0.29) is 23.9 Å². The molecular formula is C19H34NO7P. The van der Waals surface area contributed by atoms with Gasteiger partial charge in [0.15, 0.2) is 5.78 Å². The van der Waals surface area contributed by atoms with Crippen LogP contribution in [0.1, 0.15) is 59.8 Å². The van der Waals surface area contributed by atoms with Gasteiger partial charge in [-0.3, -0.25) is 14.2 Å². The number of hydrogen-bond acceptors (Lipinski definition) is 6. The van der Waals surface area contributed by atoms with Crippen molar-refractivity contribution in [3.63, 3.8) is 0 Å². The van der Waals surface area contributed by atoms with Crippen LogP contribution in [0.15, 0.2) is 0 Å². The van der Waals surface area contributed by atoms with E-state index < -0.39 is 44.2 Å². The fraction of sp³-hybridized carbons (Fsp3) is 0.842. The molecule has 1 aliphatic carbocycles. The number of rotatable bonds is 10. The molecule has 0 radical (unpaired) electrons. The second-order valence-corrected chi connectivity index (χ2v) is 10.6. The second kappa shape index (κ2) is 11.6. The summed E-state index contributed by atoms with van der Waals surface area (Å²) < 4.78 is 22.5. The topological polar surface area (TPSA) is 119 Å². The number of amides is 1. The Morgan fingerprint density at radius 2 is 1.68 bits per heavy atom. The van der Waals surface area contributed by atoms with Crippen LogP contribution >= 0.6 is 7.37 Å². The van der Waals surface area contributed by atoms with E-state index in [1.165, 1.54) is 0 Å². The van der Waals surface area contributed by atoms with Crippen LogP contribution in [0.2, 0.25) is 0 Å². The summed E-state index contributed by atoms with van der Waals surface area (Å²) in [7, 11) is -3.56. The van der Waals surface area contributed by atoms with Crippen molar-refractivity contribution in [1.82, 2.24) is 5.32 Å². The number of hydrogen-bond donors (Lipinski definition) is 2. The van der Waals surface area contributed by atoms with Crippen molar-refractivity contribution in [2.75, 3.05) is 18.9 Å². The van der Waals surface area contributed by atoms with Gasteiger partial charge in [0.25, 0.3) is 6.29 Å². The Bertz CT molecular complexity index is 585. The summed E-state index contributed by atoms with van der Waals surface area (Å²) in [5.41, 5.74) is 0. The number of nitrogens with one attached hydrogen (secondary N) is 1. The summed E-state index contributed by atoms with van der Waals surface area (Å²) in [5, 5.41) is 2.26. The SMILES string of the molecule is CC(C)C(=O)O[C@@H](OC(=O)NCC(=O)CP(=O)(O)CC1CCCCC1)C(C)C. The first-order chi connectivity index (χ1) is 13.0. The molecule has 0 spiro atoms. The third-order valence-electron chi connectivity index (χ3n) is 4.59. The maximum absolute atomic E-state index is 12.3. The number of ketones is 1. The highest BCUT2D eigenvalue weighted by Gasteiger charge is 2.29. The Hall–Kier alpha value is -1.40. The molecule has 2 N–H and O–H groups in total. The van der Waals surface area contributed by atoms with E-state index >= 15 is 0 Å². The molecule has 162 valence electrons. The maximum Gasteiger partial charge on any atom is 0.410 e. The van der Waals surface area contributed by atoms with E-state index in [2.05, 4.69) is 5.32 Å². The van der Waals surface area contributed by atoms with Crippen molar-refractivity contribution in [2.24, 2.45) is 17.8 Å². The molecule has 1 amide bonds. The van der Waals surface area contributed by atoms with Crippen molar-refractivity contribution < 1.29 is 33.3 Å². The first-order valence-corrected chi connectivity index (χ1v) is 12.0. The zero-order valence-corrected chi connectivity index (χ0v) is 18.2. The van der Waals surface area contributed by atoms with Crippen LogP contribution in [-0.4, -0.2) is 47.9 Å². The largest absolute Gasteiger partial charge is 0.425 e. The van der Waals surface area contributed by atoms with Gasteiger partial charge in [-0.15, -0.1) is 0 Å². The van der Waals surface area contributed by atoms with E-state index in [9.17, 15) is 23.8 Å². The zero-order chi connectivity index (χ0) is 21.3. The molecule has 1 rings (SSSR count). The van der Waals surface area contributed by atoms with Gasteiger partial charge in [-0.05, 0) is 18.8 Å². The van der Waals surface area contributed by atoms with Crippen molar-refractivity contribution in [1.29, 1.82) is 0 Å². The highest BCUT2D eigenvalue weighted by atomic mass is 31.2. The molecule has 0 bridgehead atoms. The van der Waals surface area contributed by atoms with Gasteiger partial charge in [0.2, 0.25) is 7.37 Å². The van der Waals surface area contributed by atoms with E-state index in [1.54, 1.807) is 27.7 Å². The molecule has 0 aromatic carbocycles. The fourth-order valence-electron chi connectivity index (χ4n) is 3.03. The monoisotopic (exact) mass is 419 g/mol. The quantitative estimate of drug-likeness (QED) is 0.317. The first kappa shape index (κ1) is 24.6. The third-order valence-corrected chi connectivity index (χ3v) is 6.53. The standard InChI is InChI=1S/C19H34NO7P/c1-13(2)17(22)26-18(14(3)4)27-19(23)20-10-16(21)12-28(24,25)11-15-8-6-5-7-9-15/h13-15,18H,5-12H2,1-4H3,(H,20,23)(H,24,25)/t18-/m0/s1. The molecule has 0 saturated heterocycles. The lowest BCUT2D eigenvalue weighted by molar-refractivity contribution is -0.178. The van der Waals surface area contributed by atoms with Crippen LogP contribution in [0, 0.1) is 17.8 Å². The molecule has 8 nitrogen and oxygen atoms in total. The van der Waals surface area contributed by atoms with Gasteiger partial charge in [0.1, 0.15) is 0 Å². The minimum atomic E-state index is -3.56. The molecule has 9 heteroatoms. The molecule has 1 saturated carbocycles. The van der Waals surface area contributed by atoms with Crippen LogP contribution in [0.5, 0.6) is 0 Å². The minimum absolute atomic E-state index is 0.157. The zero-order valence-electron chi connectivity index (χ0n) is 17.3. The second-order valence-electron chi connectivity index (χ2n) is 8.19. The maximum atomic E-state index is 12.3. The molecule has 1 aliphatic rings. The van der Waals surface area contributed by atoms with Gasteiger partial charge in [0, 0.05) is 12.1 Å². The van der Waals surface area contributed by atoms with E-state index in [0.29, 0.717) is 0 Å². The summed E-state index contributed by atoms with van der Waals surface area (Å²) in [5.74, 6) is -1.46. The predicted molar refractivity (Wildman–Crippen MR) is 105 cm³/mol. The first-order valence-electron chi connectivity index (χ1n) is 9.97. The average Bonchev–Trinajstić information content (AvgIpc) is 2.59. The lowest BCUT2D eigenvalue weighted by atomic mass is 9.91. The summed E-state index contributed by atoms with van der Waals surface area (Å²) >= 11 is 0. The summed E-state index contributed by atoms with van der Waals surface area (Å²) in [6.45, 7) is 6.38. The number of alkyl carbamates (subject to hydrolysis) is 1. The lowest BCUT2D eigenvalue weighted by Gasteiger charge is -2.24. The van der Waals surface area contributed by atoms with Gasteiger partial charge >= 0.3 is 12.1 Å². The van der Waals surface area contributed by atoms with E-state index in [4.69, 9.17) is 9.47 Å². The van der Waals surface area contributed by atoms with Gasteiger partial charge in [0.05, 0.1) is 18.6 Å². The highest BCUT2D eigenvalue weighted by Crippen LogP contribution is 2.45. The molecule has 0 heterocycles. The lowest BCUT2D eigenvalue weighted by Crippen LogP contribution is -2.37. The summed E-state index contributed by atoms with van der Waals surface area (Å²) in [6, 6.07) is 0. The minimum Gasteiger partial charge on any atom is -0.425 e. The third kappa shape index (κ3) is 9.69. The van der Waals surface area contributed by atoms with Crippen LogP contribution in [0.25, 0.3) is 0 Å². The van der Waals surface area contributed by atoms with Crippen molar-refractivity contribution in [2.45, 2.75) is 66.1 Å². The molecule has 28 heavy (non-hydrogen) atoms. The number of Topliss-reactive ketones (excluding diaryl/α,β-unsaturated/α-hetero) is 1. The number of esters is 1. The Morgan fingerprint density at radius 1 is 1.07 bits per heavy atom.